The van der Waals surface area contributed by atoms with Crippen LogP contribution in [-0.4, -0.2) is 0 Å². The van der Waals surface area contributed by atoms with Crippen molar-refractivity contribution in [2.75, 3.05) is 4.90 Å². The molecule has 1 aromatic carbocycles. The topological polar surface area (TPSA) is 3.24 Å². The molecule has 0 saturated carbocycles. The van der Waals surface area contributed by atoms with Crippen LogP contribution in [0.2, 0.25) is 0 Å². The molecule has 0 N–H and O–H groups in total. The second kappa shape index (κ2) is 5.20. The minimum Gasteiger partial charge on any atom is -0.325 e. The van der Waals surface area contributed by atoms with Crippen LogP contribution < -0.4 is 4.90 Å². The molecular formula is C12H15N. The molecular weight excluding hydrogens is 158 g/mol. The van der Waals surface area contributed by atoms with E-state index in [1.807, 2.05) is 56.6 Å². The van der Waals surface area contributed by atoms with Gasteiger partial charge in [-0.2, -0.15) is 0 Å². The Kier molecular flexibility index (Phi) is 3.83. The van der Waals surface area contributed by atoms with E-state index < -0.39 is 0 Å². The molecule has 0 heterocycles. The van der Waals surface area contributed by atoms with Crippen molar-refractivity contribution in [1.82, 2.24) is 0 Å². The highest BCUT2D eigenvalue weighted by Crippen LogP contribution is 2.13. The van der Waals surface area contributed by atoms with Crippen LogP contribution >= 0.6 is 0 Å². The molecule has 0 aliphatic heterocycles. The van der Waals surface area contributed by atoms with Gasteiger partial charge >= 0.3 is 0 Å². The number of allylic oxidation sites excluding steroid dienone is 2. The van der Waals surface area contributed by atoms with Gasteiger partial charge in [-0.1, -0.05) is 30.4 Å². The van der Waals surface area contributed by atoms with Gasteiger partial charge < -0.3 is 4.90 Å². The van der Waals surface area contributed by atoms with Crippen LogP contribution in [0.3, 0.4) is 0 Å². The highest BCUT2D eigenvalue weighted by molar-refractivity contribution is 5.51. The number of hydrogen-bond acceptors (Lipinski definition) is 1. The lowest BCUT2D eigenvalue weighted by Gasteiger charge is -2.14. The molecule has 0 saturated heterocycles. The van der Waals surface area contributed by atoms with Gasteiger partial charge in [0.05, 0.1) is 0 Å². The Morgan fingerprint density at radius 3 is 1.92 bits per heavy atom. The lowest BCUT2D eigenvalue weighted by atomic mass is 10.3. The zero-order valence-electron chi connectivity index (χ0n) is 8.14. The van der Waals surface area contributed by atoms with Crippen LogP contribution in [0, 0.1) is 0 Å². The van der Waals surface area contributed by atoms with E-state index in [0.717, 1.165) is 0 Å². The SMILES string of the molecule is C/C=C\N(/C=C\C)c1ccccc1. The van der Waals surface area contributed by atoms with E-state index >= 15 is 0 Å². The van der Waals surface area contributed by atoms with Crippen molar-refractivity contribution in [3.05, 3.63) is 54.9 Å². The molecule has 68 valence electrons. The predicted octanol–water partition coefficient (Wildman–Crippen LogP) is 3.56. The van der Waals surface area contributed by atoms with E-state index in [1.54, 1.807) is 0 Å². The maximum absolute atomic E-state index is 2.08. The van der Waals surface area contributed by atoms with Gasteiger partial charge in [0, 0.05) is 18.1 Å². The molecule has 0 radical (unpaired) electrons. The van der Waals surface area contributed by atoms with Crippen molar-refractivity contribution in [3.63, 3.8) is 0 Å². The summed E-state index contributed by atoms with van der Waals surface area (Å²) in [4.78, 5) is 2.08. The molecule has 0 fully saturated rings. The maximum atomic E-state index is 2.08. The summed E-state index contributed by atoms with van der Waals surface area (Å²) < 4.78 is 0. The number of rotatable bonds is 3. The highest BCUT2D eigenvalue weighted by atomic mass is 15.1. The zero-order chi connectivity index (χ0) is 9.52. The van der Waals surface area contributed by atoms with E-state index in [1.165, 1.54) is 5.69 Å². The summed E-state index contributed by atoms with van der Waals surface area (Å²) in [6.07, 6.45) is 8.12. The Bertz CT molecular complexity index is 273. The van der Waals surface area contributed by atoms with Crippen LogP contribution in [0.25, 0.3) is 0 Å². The third-order valence-corrected chi connectivity index (χ3v) is 1.67. The van der Waals surface area contributed by atoms with Crippen molar-refractivity contribution >= 4 is 5.69 Å². The second-order valence-electron chi connectivity index (χ2n) is 2.71. The molecule has 0 spiro atoms. The van der Waals surface area contributed by atoms with E-state index in [4.69, 9.17) is 0 Å². The fourth-order valence-electron chi connectivity index (χ4n) is 1.14. The third kappa shape index (κ3) is 2.79. The van der Waals surface area contributed by atoms with E-state index in [2.05, 4.69) is 17.0 Å². The molecule has 0 aliphatic carbocycles. The summed E-state index contributed by atoms with van der Waals surface area (Å²) in [5, 5.41) is 0. The van der Waals surface area contributed by atoms with Crippen molar-refractivity contribution < 1.29 is 0 Å². The van der Waals surface area contributed by atoms with Crippen LogP contribution in [-0.2, 0) is 0 Å². The van der Waals surface area contributed by atoms with Crippen molar-refractivity contribution in [1.29, 1.82) is 0 Å². The Morgan fingerprint density at radius 2 is 1.46 bits per heavy atom. The molecule has 1 nitrogen and oxygen atoms in total. The first-order valence-electron chi connectivity index (χ1n) is 4.47. The summed E-state index contributed by atoms with van der Waals surface area (Å²) in [5.74, 6) is 0. The molecule has 0 atom stereocenters. The van der Waals surface area contributed by atoms with Crippen molar-refractivity contribution in [2.24, 2.45) is 0 Å². The van der Waals surface area contributed by atoms with E-state index in [0.29, 0.717) is 0 Å². The smallest absolute Gasteiger partial charge is 0.0449 e. The standard InChI is InChI=1S/C12H15N/c1-3-10-13(11-4-2)12-8-6-5-7-9-12/h3-11H,1-2H3/b10-3-,11-4-. The van der Waals surface area contributed by atoms with Crippen LogP contribution in [0.1, 0.15) is 13.8 Å². The fourth-order valence-corrected chi connectivity index (χ4v) is 1.14. The van der Waals surface area contributed by atoms with Crippen LogP contribution in [0.4, 0.5) is 5.69 Å². The van der Waals surface area contributed by atoms with Crippen LogP contribution in [0.15, 0.2) is 54.9 Å². The minimum atomic E-state index is 1.18. The van der Waals surface area contributed by atoms with Gasteiger partial charge in [-0.25, -0.2) is 0 Å². The van der Waals surface area contributed by atoms with Gasteiger partial charge in [0.15, 0.2) is 0 Å². The summed E-state index contributed by atoms with van der Waals surface area (Å²) in [6, 6.07) is 10.3. The predicted molar refractivity (Wildman–Crippen MR) is 58.5 cm³/mol. The average Bonchev–Trinajstić information content (AvgIpc) is 2.19. The van der Waals surface area contributed by atoms with Gasteiger partial charge in [-0.15, -0.1) is 0 Å². The Labute approximate surface area is 80.0 Å². The molecule has 0 aromatic heterocycles. The van der Waals surface area contributed by atoms with E-state index in [-0.39, 0.29) is 0 Å². The molecule has 0 unspecified atom stereocenters. The largest absolute Gasteiger partial charge is 0.325 e. The van der Waals surface area contributed by atoms with Gasteiger partial charge in [-0.3, -0.25) is 0 Å². The Morgan fingerprint density at radius 1 is 0.923 bits per heavy atom. The number of benzene rings is 1. The van der Waals surface area contributed by atoms with Gasteiger partial charge in [-0.05, 0) is 26.0 Å². The molecule has 1 aromatic rings. The lowest BCUT2D eigenvalue weighted by molar-refractivity contribution is 1.26. The summed E-state index contributed by atoms with van der Waals surface area (Å²) in [5.41, 5.74) is 1.18. The summed E-state index contributed by atoms with van der Waals surface area (Å²) >= 11 is 0. The third-order valence-electron chi connectivity index (χ3n) is 1.67. The monoisotopic (exact) mass is 173 g/mol. The maximum Gasteiger partial charge on any atom is 0.0449 e. The fraction of sp³-hybridized carbons (Fsp3) is 0.167. The van der Waals surface area contributed by atoms with E-state index in [9.17, 15) is 0 Å². The van der Waals surface area contributed by atoms with Gasteiger partial charge in [0.2, 0.25) is 0 Å². The van der Waals surface area contributed by atoms with Gasteiger partial charge in [0.1, 0.15) is 0 Å². The molecule has 1 rings (SSSR count). The number of anilines is 1. The molecule has 13 heavy (non-hydrogen) atoms. The number of nitrogens with zero attached hydrogens (tertiary/aromatic N) is 1. The van der Waals surface area contributed by atoms with Gasteiger partial charge in [0.25, 0.3) is 0 Å². The van der Waals surface area contributed by atoms with Crippen molar-refractivity contribution in [3.8, 4) is 0 Å². The molecule has 0 aliphatic rings. The Hall–Kier alpha value is -1.50. The first-order chi connectivity index (χ1) is 6.38. The normalized spacial score (nSPS) is 11.2. The summed E-state index contributed by atoms with van der Waals surface area (Å²) in [6.45, 7) is 4.03. The molecule has 1 heteroatoms. The lowest BCUT2D eigenvalue weighted by Crippen LogP contribution is -2.05. The second-order valence-corrected chi connectivity index (χ2v) is 2.71. The van der Waals surface area contributed by atoms with Crippen molar-refractivity contribution in [2.45, 2.75) is 13.8 Å². The first-order valence-corrected chi connectivity index (χ1v) is 4.47. The number of hydrogen-bond donors (Lipinski definition) is 0. The number of para-hydroxylation sites is 1. The average molecular weight is 173 g/mol. The Balaban J connectivity index is 2.88. The van der Waals surface area contributed by atoms with Crippen LogP contribution in [0.5, 0.6) is 0 Å². The first kappa shape index (κ1) is 9.59. The zero-order valence-corrected chi connectivity index (χ0v) is 8.14. The summed E-state index contributed by atoms with van der Waals surface area (Å²) in [7, 11) is 0. The minimum absolute atomic E-state index is 1.18. The quantitative estimate of drug-likeness (QED) is 0.675. The molecule has 0 bridgehead atoms. The highest BCUT2D eigenvalue weighted by Gasteiger charge is 1.94. The molecule has 0 amide bonds.